The van der Waals surface area contributed by atoms with Crippen molar-refractivity contribution < 1.29 is 32.3 Å². The number of rotatable bonds is 5. The molecule has 0 bridgehead atoms. The Morgan fingerprint density at radius 3 is 2.38 bits per heavy atom. The summed E-state index contributed by atoms with van der Waals surface area (Å²) >= 11 is 0. The molecule has 29 heavy (non-hydrogen) atoms. The monoisotopic (exact) mass is 414 g/mol. The number of benzene rings is 1. The van der Waals surface area contributed by atoms with Crippen LogP contribution in [0.4, 0.5) is 23.7 Å². The fourth-order valence-electron chi connectivity index (χ4n) is 3.49. The Labute approximate surface area is 165 Å². The van der Waals surface area contributed by atoms with Crippen LogP contribution in [0.1, 0.15) is 19.8 Å². The lowest BCUT2D eigenvalue weighted by Gasteiger charge is -2.36. The molecule has 2 heterocycles. The summed E-state index contributed by atoms with van der Waals surface area (Å²) in [7, 11) is 0. The molecule has 0 aromatic heterocycles. The largest absolute Gasteiger partial charge is 0.573 e. The zero-order valence-corrected chi connectivity index (χ0v) is 15.7. The molecular formula is C18H21F3N4O4. The van der Waals surface area contributed by atoms with Crippen molar-refractivity contribution >= 4 is 23.5 Å². The number of alkyl halides is 3. The molecule has 2 aliphatic rings. The van der Waals surface area contributed by atoms with Crippen molar-refractivity contribution in [2.45, 2.75) is 31.7 Å². The molecule has 0 saturated carbocycles. The fourth-order valence-corrected chi connectivity index (χ4v) is 3.49. The zero-order valence-electron chi connectivity index (χ0n) is 15.7. The molecule has 2 saturated heterocycles. The summed E-state index contributed by atoms with van der Waals surface area (Å²) in [6.45, 7) is 3.75. The Morgan fingerprint density at radius 2 is 1.83 bits per heavy atom. The molecule has 0 radical (unpaired) electrons. The highest BCUT2D eigenvalue weighted by molar-refractivity contribution is 6.10. The number of nitrogens with zero attached hydrogens (tertiary/aromatic N) is 2. The van der Waals surface area contributed by atoms with Gasteiger partial charge in [-0.1, -0.05) is 6.92 Å². The molecule has 158 valence electrons. The van der Waals surface area contributed by atoms with E-state index in [2.05, 4.69) is 20.3 Å². The molecule has 0 aliphatic carbocycles. The standard InChI is InChI=1S/C18H21F3N4O4/c1-2-24-9-7-17(8-10-24)15(27)25(16(28)23-17)11-14(26)22-12-3-5-13(6-4-12)29-18(19,20)21/h3-6H,2,7-11H2,1H3,(H,22,26)(H,23,28). The van der Waals surface area contributed by atoms with Crippen molar-refractivity contribution in [3.63, 3.8) is 0 Å². The molecule has 2 aliphatic heterocycles. The number of carbonyl (C=O) groups is 3. The Hall–Kier alpha value is -2.82. The van der Waals surface area contributed by atoms with Gasteiger partial charge in [0.1, 0.15) is 17.8 Å². The van der Waals surface area contributed by atoms with Gasteiger partial charge in [0.05, 0.1) is 0 Å². The second kappa shape index (κ2) is 7.90. The maximum absolute atomic E-state index is 12.8. The van der Waals surface area contributed by atoms with Crippen LogP contribution in [0.2, 0.25) is 0 Å². The molecule has 3 rings (SSSR count). The van der Waals surface area contributed by atoms with E-state index in [1.165, 1.54) is 12.1 Å². The van der Waals surface area contributed by atoms with Crippen LogP contribution >= 0.6 is 0 Å². The third kappa shape index (κ3) is 4.78. The molecule has 4 amide bonds. The molecule has 1 aromatic carbocycles. The third-order valence-corrected chi connectivity index (χ3v) is 5.08. The number of urea groups is 1. The predicted molar refractivity (Wildman–Crippen MR) is 96.1 cm³/mol. The van der Waals surface area contributed by atoms with Crippen LogP contribution in [0.25, 0.3) is 0 Å². The molecule has 2 N–H and O–H groups in total. The Morgan fingerprint density at radius 1 is 1.21 bits per heavy atom. The number of carbonyl (C=O) groups excluding carboxylic acids is 3. The van der Waals surface area contributed by atoms with Crippen molar-refractivity contribution in [3.05, 3.63) is 24.3 Å². The lowest BCUT2D eigenvalue weighted by atomic mass is 9.87. The van der Waals surface area contributed by atoms with Crippen LogP contribution in [0.3, 0.4) is 0 Å². The summed E-state index contributed by atoms with van der Waals surface area (Å²) in [6, 6.07) is 3.93. The SMILES string of the molecule is CCN1CCC2(CC1)NC(=O)N(CC(=O)Nc1ccc(OC(F)(F)F)cc1)C2=O. The third-order valence-electron chi connectivity index (χ3n) is 5.08. The summed E-state index contributed by atoms with van der Waals surface area (Å²) in [5.74, 6) is -1.49. The molecular weight excluding hydrogens is 393 g/mol. The van der Waals surface area contributed by atoms with Crippen molar-refractivity contribution in [1.82, 2.24) is 15.1 Å². The van der Waals surface area contributed by atoms with Gasteiger partial charge in [-0.05, 0) is 43.7 Å². The summed E-state index contributed by atoms with van der Waals surface area (Å²) in [6.07, 6.45) is -3.86. The van der Waals surface area contributed by atoms with E-state index < -0.39 is 42.0 Å². The first-order valence-electron chi connectivity index (χ1n) is 9.14. The van der Waals surface area contributed by atoms with E-state index in [1.54, 1.807) is 0 Å². The molecule has 1 aromatic rings. The Kier molecular flexibility index (Phi) is 5.69. The molecule has 1 spiro atoms. The highest BCUT2D eigenvalue weighted by Crippen LogP contribution is 2.29. The quantitative estimate of drug-likeness (QED) is 0.719. The van der Waals surface area contributed by atoms with Crippen LogP contribution in [0, 0.1) is 0 Å². The van der Waals surface area contributed by atoms with E-state index in [0.717, 1.165) is 23.6 Å². The van der Waals surface area contributed by atoms with Gasteiger partial charge in [-0.2, -0.15) is 0 Å². The summed E-state index contributed by atoms with van der Waals surface area (Å²) in [5, 5.41) is 5.17. The first-order chi connectivity index (χ1) is 13.6. The van der Waals surface area contributed by atoms with Gasteiger partial charge in [0.15, 0.2) is 0 Å². The van der Waals surface area contributed by atoms with E-state index in [1.807, 2.05) is 6.92 Å². The van der Waals surface area contributed by atoms with Crippen LogP contribution < -0.4 is 15.4 Å². The molecule has 8 nitrogen and oxygen atoms in total. The number of imide groups is 1. The van der Waals surface area contributed by atoms with Gasteiger partial charge in [-0.3, -0.25) is 14.5 Å². The maximum atomic E-state index is 12.8. The minimum atomic E-state index is -4.81. The number of anilines is 1. The lowest BCUT2D eigenvalue weighted by Crippen LogP contribution is -2.55. The normalized spacial score (nSPS) is 19.4. The second-order valence-electron chi connectivity index (χ2n) is 6.96. The van der Waals surface area contributed by atoms with Crippen LogP contribution in [-0.2, 0) is 9.59 Å². The van der Waals surface area contributed by atoms with Crippen LogP contribution in [0.15, 0.2) is 24.3 Å². The van der Waals surface area contributed by atoms with Crippen LogP contribution in [0.5, 0.6) is 5.75 Å². The summed E-state index contributed by atoms with van der Waals surface area (Å²) < 4.78 is 40.3. The average Bonchev–Trinajstić information content (AvgIpc) is 2.87. The van der Waals surface area contributed by atoms with Crippen molar-refractivity contribution in [1.29, 1.82) is 0 Å². The van der Waals surface area contributed by atoms with Gasteiger partial charge >= 0.3 is 12.4 Å². The first-order valence-corrected chi connectivity index (χ1v) is 9.14. The second-order valence-corrected chi connectivity index (χ2v) is 6.96. The number of ether oxygens (including phenoxy) is 1. The Balaban J connectivity index is 1.58. The number of hydrogen-bond acceptors (Lipinski definition) is 5. The number of nitrogens with one attached hydrogen (secondary N) is 2. The van der Waals surface area contributed by atoms with Gasteiger partial charge < -0.3 is 20.3 Å². The highest BCUT2D eigenvalue weighted by Gasteiger charge is 2.52. The zero-order chi connectivity index (χ0) is 21.2. The smallest absolute Gasteiger partial charge is 0.406 e. The van der Waals surface area contributed by atoms with E-state index in [0.29, 0.717) is 25.9 Å². The van der Waals surface area contributed by atoms with Crippen molar-refractivity contribution in [2.24, 2.45) is 0 Å². The average molecular weight is 414 g/mol. The van der Waals surface area contributed by atoms with Crippen molar-refractivity contribution in [3.8, 4) is 5.75 Å². The van der Waals surface area contributed by atoms with Gasteiger partial charge in [0, 0.05) is 18.8 Å². The number of likely N-dealkylation sites (tertiary alicyclic amines) is 1. The predicted octanol–water partition coefficient (Wildman–Crippen LogP) is 1.93. The fraction of sp³-hybridized carbons (Fsp3) is 0.500. The number of piperidine rings is 1. The minimum Gasteiger partial charge on any atom is -0.406 e. The van der Waals surface area contributed by atoms with Gasteiger partial charge in [0.2, 0.25) is 5.91 Å². The molecule has 0 unspecified atom stereocenters. The molecule has 0 atom stereocenters. The van der Waals surface area contributed by atoms with E-state index >= 15 is 0 Å². The van der Waals surface area contributed by atoms with Gasteiger partial charge in [-0.25, -0.2) is 4.79 Å². The van der Waals surface area contributed by atoms with Crippen LogP contribution in [-0.4, -0.2) is 65.7 Å². The summed E-state index contributed by atoms with van der Waals surface area (Å²) in [5.41, 5.74) is -0.762. The number of halogens is 3. The van der Waals surface area contributed by atoms with E-state index in [9.17, 15) is 27.6 Å². The Bertz CT molecular complexity index is 789. The first kappa shape index (κ1) is 20.9. The lowest BCUT2D eigenvalue weighted by molar-refractivity contribution is -0.274. The van der Waals surface area contributed by atoms with Gasteiger partial charge in [-0.15, -0.1) is 13.2 Å². The maximum Gasteiger partial charge on any atom is 0.573 e. The topological polar surface area (TPSA) is 91.0 Å². The highest BCUT2D eigenvalue weighted by atomic mass is 19.4. The number of hydrogen-bond donors (Lipinski definition) is 2. The summed E-state index contributed by atoms with van der Waals surface area (Å²) in [4.78, 5) is 40.3. The molecule has 2 fully saturated rings. The number of amides is 4. The van der Waals surface area contributed by atoms with Crippen molar-refractivity contribution in [2.75, 3.05) is 31.5 Å². The van der Waals surface area contributed by atoms with Gasteiger partial charge in [0.25, 0.3) is 5.91 Å². The minimum absolute atomic E-state index is 0.211. The van der Waals surface area contributed by atoms with E-state index in [4.69, 9.17) is 0 Å². The molecule has 11 heteroatoms. The van der Waals surface area contributed by atoms with E-state index in [-0.39, 0.29) is 5.69 Å².